The lowest BCUT2D eigenvalue weighted by Crippen LogP contribution is -2.13. The van der Waals surface area contributed by atoms with Crippen LogP contribution in [0.2, 0.25) is 0 Å². The van der Waals surface area contributed by atoms with E-state index in [4.69, 9.17) is 10.00 Å². The van der Waals surface area contributed by atoms with Crippen LogP contribution in [0.4, 0.5) is 0 Å². The molecule has 0 aromatic heterocycles. The Morgan fingerprint density at radius 1 is 1.08 bits per heavy atom. The highest BCUT2D eigenvalue weighted by molar-refractivity contribution is 5.33. The molecule has 1 aromatic rings. The fourth-order valence-electron chi connectivity index (χ4n) is 3.76. The van der Waals surface area contributed by atoms with Crippen molar-refractivity contribution in [3.8, 4) is 6.07 Å². The Balaban J connectivity index is 1.55. The van der Waals surface area contributed by atoms with Crippen LogP contribution in [0.5, 0.6) is 0 Å². The minimum atomic E-state index is 0.695. The number of hydrogen-bond donors (Lipinski definition) is 0. The van der Waals surface area contributed by atoms with Crippen LogP contribution in [0, 0.1) is 17.2 Å². The van der Waals surface area contributed by atoms with Gasteiger partial charge >= 0.3 is 0 Å². The third-order valence-electron chi connectivity index (χ3n) is 5.40. The Morgan fingerprint density at radius 3 is 2.52 bits per heavy atom. The van der Waals surface area contributed by atoms with Crippen molar-refractivity contribution in [2.24, 2.45) is 5.92 Å². The average molecular weight is 340 g/mol. The molecule has 25 heavy (non-hydrogen) atoms. The molecular formula is C23H33NO. The van der Waals surface area contributed by atoms with Crippen LogP contribution < -0.4 is 0 Å². The number of benzene rings is 1. The number of nitriles is 1. The van der Waals surface area contributed by atoms with Crippen molar-refractivity contribution in [2.75, 3.05) is 6.61 Å². The van der Waals surface area contributed by atoms with Gasteiger partial charge in [-0.25, -0.2) is 0 Å². The van der Waals surface area contributed by atoms with Crippen molar-refractivity contribution < 1.29 is 4.74 Å². The number of nitrogens with zero attached hydrogens (tertiary/aromatic N) is 1. The van der Waals surface area contributed by atoms with E-state index in [0.717, 1.165) is 24.5 Å². The highest BCUT2D eigenvalue weighted by atomic mass is 16.5. The van der Waals surface area contributed by atoms with Crippen molar-refractivity contribution in [3.05, 3.63) is 47.7 Å². The Kier molecular flexibility index (Phi) is 9.19. The molecule has 0 spiro atoms. The molecule has 2 nitrogen and oxygen atoms in total. The summed E-state index contributed by atoms with van der Waals surface area (Å²) in [6, 6.07) is 10.4. The maximum Gasteiger partial charge on any atom is 0.0991 e. The van der Waals surface area contributed by atoms with Gasteiger partial charge in [0.1, 0.15) is 0 Å². The second-order valence-electron chi connectivity index (χ2n) is 7.33. The topological polar surface area (TPSA) is 33.0 Å². The zero-order chi connectivity index (χ0) is 17.7. The van der Waals surface area contributed by atoms with E-state index in [0.29, 0.717) is 5.92 Å². The molecule has 0 N–H and O–H groups in total. The third kappa shape index (κ3) is 7.34. The van der Waals surface area contributed by atoms with Gasteiger partial charge in [0.2, 0.25) is 0 Å². The van der Waals surface area contributed by atoms with Crippen LogP contribution in [-0.4, -0.2) is 6.61 Å². The van der Waals surface area contributed by atoms with Crippen LogP contribution in [0.15, 0.2) is 36.6 Å². The molecular weight excluding hydrogens is 306 g/mol. The van der Waals surface area contributed by atoms with E-state index < -0.39 is 0 Å². The van der Waals surface area contributed by atoms with E-state index in [1.54, 1.807) is 0 Å². The SMILES string of the molecule is CCCCC=COCCCCC1CCC(c2ccc(C#N)cc2)CC1. The molecule has 1 fully saturated rings. The molecule has 0 aliphatic heterocycles. The molecule has 1 aromatic carbocycles. The molecule has 0 atom stereocenters. The summed E-state index contributed by atoms with van der Waals surface area (Å²) in [6.07, 6.45) is 16.8. The van der Waals surface area contributed by atoms with Gasteiger partial charge in [0.05, 0.1) is 24.5 Å². The largest absolute Gasteiger partial charge is 0.502 e. The molecule has 0 radical (unpaired) electrons. The molecule has 1 aliphatic rings. The summed E-state index contributed by atoms with van der Waals surface area (Å²) >= 11 is 0. The van der Waals surface area contributed by atoms with E-state index >= 15 is 0 Å². The minimum Gasteiger partial charge on any atom is -0.502 e. The molecule has 2 heteroatoms. The van der Waals surface area contributed by atoms with Gasteiger partial charge in [0.25, 0.3) is 0 Å². The summed E-state index contributed by atoms with van der Waals surface area (Å²) in [4.78, 5) is 0. The van der Waals surface area contributed by atoms with E-state index in [1.165, 1.54) is 63.4 Å². The van der Waals surface area contributed by atoms with Gasteiger partial charge in [-0.3, -0.25) is 0 Å². The maximum atomic E-state index is 8.90. The Morgan fingerprint density at radius 2 is 1.84 bits per heavy atom. The molecule has 0 heterocycles. The number of unbranched alkanes of at least 4 members (excludes halogenated alkanes) is 3. The zero-order valence-electron chi connectivity index (χ0n) is 15.8. The lowest BCUT2D eigenvalue weighted by Gasteiger charge is -2.28. The van der Waals surface area contributed by atoms with E-state index in [9.17, 15) is 0 Å². The highest BCUT2D eigenvalue weighted by Crippen LogP contribution is 2.37. The van der Waals surface area contributed by atoms with Crippen molar-refractivity contribution >= 4 is 0 Å². The fraction of sp³-hybridized carbons (Fsp3) is 0.609. The second-order valence-corrected chi connectivity index (χ2v) is 7.33. The summed E-state index contributed by atoms with van der Waals surface area (Å²) in [5, 5.41) is 8.90. The molecule has 1 aliphatic carbocycles. The summed E-state index contributed by atoms with van der Waals surface area (Å²) in [5.74, 6) is 1.59. The van der Waals surface area contributed by atoms with Gasteiger partial charge in [-0.05, 0) is 87.0 Å². The van der Waals surface area contributed by atoms with Gasteiger partial charge in [0, 0.05) is 0 Å². The molecule has 0 unspecified atom stereocenters. The maximum absolute atomic E-state index is 8.90. The first-order valence-corrected chi connectivity index (χ1v) is 10.1. The van der Waals surface area contributed by atoms with Crippen LogP contribution in [-0.2, 0) is 4.74 Å². The molecule has 0 amide bonds. The Hall–Kier alpha value is -1.75. The Labute approximate surface area is 153 Å². The predicted octanol–water partition coefficient (Wildman–Crippen LogP) is 6.72. The number of rotatable bonds is 10. The highest BCUT2D eigenvalue weighted by Gasteiger charge is 2.21. The van der Waals surface area contributed by atoms with E-state index in [-0.39, 0.29) is 0 Å². The number of allylic oxidation sites excluding steroid dienone is 1. The molecule has 0 bridgehead atoms. The second kappa shape index (κ2) is 11.7. The number of ether oxygens (including phenoxy) is 1. The Bertz CT molecular complexity index is 532. The molecule has 2 rings (SSSR count). The fourth-order valence-corrected chi connectivity index (χ4v) is 3.76. The lowest BCUT2D eigenvalue weighted by molar-refractivity contribution is 0.230. The molecule has 0 saturated heterocycles. The van der Waals surface area contributed by atoms with Gasteiger partial charge in [0.15, 0.2) is 0 Å². The minimum absolute atomic E-state index is 0.695. The van der Waals surface area contributed by atoms with Crippen LogP contribution in [0.25, 0.3) is 0 Å². The van der Waals surface area contributed by atoms with Crippen LogP contribution in [0.1, 0.15) is 88.2 Å². The first-order chi connectivity index (χ1) is 12.3. The van der Waals surface area contributed by atoms with Gasteiger partial charge in [-0.1, -0.05) is 31.9 Å². The van der Waals surface area contributed by atoms with Crippen molar-refractivity contribution in [2.45, 2.75) is 77.0 Å². The van der Waals surface area contributed by atoms with Crippen molar-refractivity contribution in [1.29, 1.82) is 5.26 Å². The monoisotopic (exact) mass is 339 g/mol. The smallest absolute Gasteiger partial charge is 0.0991 e. The van der Waals surface area contributed by atoms with Crippen molar-refractivity contribution in [1.82, 2.24) is 0 Å². The first-order valence-electron chi connectivity index (χ1n) is 10.1. The third-order valence-corrected chi connectivity index (χ3v) is 5.40. The summed E-state index contributed by atoms with van der Waals surface area (Å²) in [5.41, 5.74) is 2.18. The normalized spacial score (nSPS) is 20.5. The lowest BCUT2D eigenvalue weighted by atomic mass is 9.77. The van der Waals surface area contributed by atoms with Crippen molar-refractivity contribution in [3.63, 3.8) is 0 Å². The average Bonchev–Trinajstić information content (AvgIpc) is 2.67. The molecule has 1 saturated carbocycles. The quantitative estimate of drug-likeness (QED) is 0.350. The summed E-state index contributed by atoms with van der Waals surface area (Å²) < 4.78 is 5.56. The van der Waals surface area contributed by atoms with Gasteiger partial charge in [-0.15, -0.1) is 0 Å². The van der Waals surface area contributed by atoms with Gasteiger partial charge in [-0.2, -0.15) is 5.26 Å². The van der Waals surface area contributed by atoms with E-state index in [1.807, 2.05) is 18.4 Å². The van der Waals surface area contributed by atoms with Gasteiger partial charge < -0.3 is 4.74 Å². The van der Waals surface area contributed by atoms with Crippen LogP contribution >= 0.6 is 0 Å². The number of hydrogen-bond acceptors (Lipinski definition) is 2. The molecule has 136 valence electrons. The zero-order valence-corrected chi connectivity index (χ0v) is 15.8. The summed E-state index contributed by atoms with van der Waals surface area (Å²) in [6.45, 7) is 3.08. The van der Waals surface area contributed by atoms with Crippen LogP contribution in [0.3, 0.4) is 0 Å². The first kappa shape index (κ1) is 19.6. The van der Waals surface area contributed by atoms with E-state index in [2.05, 4.69) is 31.2 Å². The standard InChI is InChI=1S/C23H33NO/c1-2-3-4-6-17-25-18-7-5-8-20-9-13-22(14-10-20)23-15-11-21(19-24)12-16-23/h6,11-12,15-17,20,22H,2-5,7-10,13-14,18H2,1H3. The predicted molar refractivity (Wildman–Crippen MR) is 104 cm³/mol. The summed E-state index contributed by atoms with van der Waals surface area (Å²) in [7, 11) is 0.